The second-order valence-electron chi connectivity index (χ2n) is 8.05. The Kier molecular flexibility index (Phi) is 8.00. The molecule has 0 saturated carbocycles. The molecule has 0 aliphatic carbocycles. The molecule has 0 bridgehead atoms. The van der Waals surface area contributed by atoms with E-state index in [4.69, 9.17) is 5.11 Å². The van der Waals surface area contributed by atoms with Gasteiger partial charge in [0.1, 0.15) is 18.6 Å². The van der Waals surface area contributed by atoms with E-state index in [1.807, 2.05) is 30.3 Å². The highest BCUT2D eigenvalue weighted by molar-refractivity contribution is 5.94. The second-order valence-corrected chi connectivity index (χ2v) is 8.05. The molecule has 9 nitrogen and oxygen atoms in total. The molecule has 2 aliphatic rings. The Morgan fingerprint density at radius 1 is 1.06 bits per heavy atom. The number of hydrogen-bond donors (Lipinski definition) is 4. The Morgan fingerprint density at radius 3 is 2.52 bits per heavy atom. The highest BCUT2D eigenvalue weighted by atomic mass is 16.4. The van der Waals surface area contributed by atoms with Gasteiger partial charge in [0.15, 0.2) is 0 Å². The largest absolute Gasteiger partial charge is 0.480 e. The van der Waals surface area contributed by atoms with Gasteiger partial charge in [-0.25, -0.2) is 0 Å². The number of nitrogens with one attached hydrogen (secondary N) is 3. The van der Waals surface area contributed by atoms with E-state index in [1.165, 1.54) is 4.90 Å². The first-order valence-corrected chi connectivity index (χ1v) is 10.8. The number of carbonyl (C=O) groups excluding carboxylic acids is 3. The van der Waals surface area contributed by atoms with Crippen LogP contribution in [0.3, 0.4) is 0 Å². The van der Waals surface area contributed by atoms with Crippen molar-refractivity contribution in [3.8, 4) is 0 Å². The zero-order chi connectivity index (χ0) is 22.2. The SMILES string of the molecule is O=C(O)CNC(=O)[C@H]1CCCCN1C(=O)[C@H](Cc1ccccc1)NC(=O)[C@@H]1CCCN1. The Hall–Kier alpha value is -2.94. The van der Waals surface area contributed by atoms with E-state index in [2.05, 4.69) is 16.0 Å². The molecular formula is C22H30N4O5. The van der Waals surface area contributed by atoms with E-state index in [9.17, 15) is 19.2 Å². The van der Waals surface area contributed by atoms with Gasteiger partial charge in [-0.3, -0.25) is 19.2 Å². The minimum atomic E-state index is -1.14. The fraction of sp³-hybridized carbons (Fsp3) is 0.545. The van der Waals surface area contributed by atoms with E-state index >= 15 is 0 Å². The number of carbonyl (C=O) groups is 4. The number of hydrogen-bond acceptors (Lipinski definition) is 5. The summed E-state index contributed by atoms with van der Waals surface area (Å²) in [6, 6.07) is 7.57. The Morgan fingerprint density at radius 2 is 1.84 bits per heavy atom. The number of carboxylic acid groups (broad SMARTS) is 1. The average molecular weight is 431 g/mol. The highest BCUT2D eigenvalue weighted by Crippen LogP contribution is 2.20. The fourth-order valence-electron chi connectivity index (χ4n) is 4.18. The lowest BCUT2D eigenvalue weighted by molar-refractivity contribution is -0.146. The number of aliphatic carboxylic acids is 1. The van der Waals surface area contributed by atoms with Crippen LogP contribution in [0.2, 0.25) is 0 Å². The summed E-state index contributed by atoms with van der Waals surface area (Å²) < 4.78 is 0. The third-order valence-corrected chi connectivity index (χ3v) is 5.78. The van der Waals surface area contributed by atoms with Gasteiger partial charge in [-0.1, -0.05) is 30.3 Å². The first-order valence-electron chi connectivity index (χ1n) is 10.8. The quantitative estimate of drug-likeness (QED) is 0.461. The molecule has 9 heteroatoms. The molecule has 31 heavy (non-hydrogen) atoms. The van der Waals surface area contributed by atoms with Crippen LogP contribution in [0.5, 0.6) is 0 Å². The second kappa shape index (κ2) is 10.9. The minimum absolute atomic E-state index is 0.212. The molecular weight excluding hydrogens is 400 g/mol. The number of nitrogens with zero attached hydrogens (tertiary/aromatic N) is 1. The lowest BCUT2D eigenvalue weighted by Crippen LogP contribution is -2.59. The number of rotatable bonds is 8. The van der Waals surface area contributed by atoms with Gasteiger partial charge < -0.3 is 26.0 Å². The Labute approximate surface area is 181 Å². The number of likely N-dealkylation sites (tertiary alicyclic amines) is 1. The van der Waals surface area contributed by atoms with E-state index < -0.39 is 30.5 Å². The molecule has 0 spiro atoms. The summed E-state index contributed by atoms with van der Waals surface area (Å²) in [6.07, 6.45) is 3.95. The maximum atomic E-state index is 13.5. The van der Waals surface area contributed by atoms with Crippen molar-refractivity contribution in [1.82, 2.24) is 20.9 Å². The Balaban J connectivity index is 1.76. The van der Waals surface area contributed by atoms with Crippen LogP contribution in [-0.2, 0) is 25.6 Å². The summed E-state index contributed by atoms with van der Waals surface area (Å²) in [5.41, 5.74) is 0.907. The van der Waals surface area contributed by atoms with Crippen molar-refractivity contribution >= 4 is 23.7 Å². The van der Waals surface area contributed by atoms with E-state index in [0.29, 0.717) is 19.4 Å². The molecule has 1 aromatic carbocycles. The van der Waals surface area contributed by atoms with E-state index in [-0.39, 0.29) is 17.9 Å². The maximum absolute atomic E-state index is 13.5. The van der Waals surface area contributed by atoms with Gasteiger partial charge in [0, 0.05) is 13.0 Å². The summed E-state index contributed by atoms with van der Waals surface area (Å²) in [4.78, 5) is 51.1. The molecule has 2 saturated heterocycles. The monoisotopic (exact) mass is 430 g/mol. The topological polar surface area (TPSA) is 128 Å². The molecule has 3 atom stereocenters. The van der Waals surface area contributed by atoms with Gasteiger partial charge in [0.05, 0.1) is 6.04 Å². The van der Waals surface area contributed by atoms with Gasteiger partial charge in [0.25, 0.3) is 0 Å². The third kappa shape index (κ3) is 6.27. The van der Waals surface area contributed by atoms with Gasteiger partial charge in [-0.2, -0.15) is 0 Å². The average Bonchev–Trinajstić information content (AvgIpc) is 3.32. The molecule has 0 radical (unpaired) electrons. The van der Waals surface area contributed by atoms with Crippen molar-refractivity contribution in [3.05, 3.63) is 35.9 Å². The van der Waals surface area contributed by atoms with Crippen LogP contribution in [0.1, 0.15) is 37.7 Å². The van der Waals surface area contributed by atoms with Crippen LogP contribution in [0.4, 0.5) is 0 Å². The first kappa shape index (κ1) is 22.7. The first-order chi connectivity index (χ1) is 15.0. The summed E-state index contributed by atoms with van der Waals surface area (Å²) in [5, 5.41) is 17.3. The molecule has 168 valence electrons. The lowest BCUT2D eigenvalue weighted by Gasteiger charge is -2.37. The molecule has 2 heterocycles. The van der Waals surface area contributed by atoms with Crippen molar-refractivity contribution in [2.75, 3.05) is 19.6 Å². The zero-order valence-electron chi connectivity index (χ0n) is 17.5. The zero-order valence-corrected chi connectivity index (χ0v) is 17.5. The van der Waals surface area contributed by atoms with Crippen LogP contribution in [0.25, 0.3) is 0 Å². The van der Waals surface area contributed by atoms with Crippen LogP contribution in [0, 0.1) is 0 Å². The van der Waals surface area contributed by atoms with Crippen LogP contribution in [0.15, 0.2) is 30.3 Å². The number of carboxylic acids is 1. The molecule has 3 amide bonds. The number of amides is 3. The van der Waals surface area contributed by atoms with Gasteiger partial charge in [-0.15, -0.1) is 0 Å². The highest BCUT2D eigenvalue weighted by Gasteiger charge is 2.37. The van der Waals surface area contributed by atoms with Crippen LogP contribution in [-0.4, -0.2) is 71.5 Å². The normalized spacial score (nSPS) is 21.9. The maximum Gasteiger partial charge on any atom is 0.322 e. The van der Waals surface area contributed by atoms with Gasteiger partial charge >= 0.3 is 5.97 Å². The van der Waals surface area contributed by atoms with Crippen LogP contribution < -0.4 is 16.0 Å². The molecule has 4 N–H and O–H groups in total. The van der Waals surface area contributed by atoms with Crippen molar-refractivity contribution in [1.29, 1.82) is 0 Å². The third-order valence-electron chi connectivity index (χ3n) is 5.78. The fourth-order valence-corrected chi connectivity index (χ4v) is 4.18. The molecule has 2 fully saturated rings. The van der Waals surface area contributed by atoms with Crippen molar-refractivity contribution in [3.63, 3.8) is 0 Å². The molecule has 1 aromatic rings. The Bertz CT molecular complexity index is 794. The number of piperidine rings is 1. The summed E-state index contributed by atoms with van der Waals surface area (Å²) >= 11 is 0. The van der Waals surface area contributed by atoms with E-state index in [0.717, 1.165) is 37.8 Å². The van der Waals surface area contributed by atoms with Crippen molar-refractivity contribution < 1.29 is 24.3 Å². The molecule has 3 rings (SSSR count). The smallest absolute Gasteiger partial charge is 0.322 e. The van der Waals surface area contributed by atoms with Gasteiger partial charge in [-0.05, 0) is 44.2 Å². The molecule has 2 aliphatic heterocycles. The predicted octanol–water partition coefficient (Wildman–Crippen LogP) is 0.0478. The molecule has 0 unspecified atom stereocenters. The number of benzene rings is 1. The predicted molar refractivity (Wildman–Crippen MR) is 113 cm³/mol. The van der Waals surface area contributed by atoms with Crippen molar-refractivity contribution in [2.24, 2.45) is 0 Å². The summed E-state index contributed by atoms with van der Waals surface area (Å²) in [7, 11) is 0. The molecule has 0 aromatic heterocycles. The lowest BCUT2D eigenvalue weighted by atomic mass is 9.98. The summed E-state index contributed by atoms with van der Waals surface area (Å²) in [5.74, 6) is -2.14. The van der Waals surface area contributed by atoms with E-state index in [1.54, 1.807) is 0 Å². The van der Waals surface area contributed by atoms with Gasteiger partial charge in [0.2, 0.25) is 17.7 Å². The standard InChI is InChI=1S/C22H30N4O5/c27-19(28)14-24-21(30)18-10-4-5-12-26(18)22(31)17(13-15-7-2-1-3-8-15)25-20(29)16-9-6-11-23-16/h1-3,7-8,16-18,23H,4-6,9-14H2,(H,24,30)(H,25,29)(H,27,28)/t16-,17-,18+/m0/s1. The minimum Gasteiger partial charge on any atom is -0.480 e. The van der Waals surface area contributed by atoms with Crippen molar-refractivity contribution in [2.45, 2.75) is 56.7 Å². The van der Waals surface area contributed by atoms with Crippen LogP contribution >= 0.6 is 0 Å². The summed E-state index contributed by atoms with van der Waals surface area (Å²) in [6.45, 7) is 0.676.